The lowest BCUT2D eigenvalue weighted by atomic mass is 9.78. The standard InChI is InChI=1S/C28H31ClN4O5/c1-17(20-8-6-7-11-24(20)29)38-28(36)32-25-23(16-30-33(25)2)18-12-14-19(15-13-18)31-26(34)21-9-4-5-10-22(21)27(35)37-3/h6-8,11-17,21-22H,4-5,9-10H2,1-3H3,(H,31,34)(H,32,36)/t17?,21-,22-/m1/s1. The highest BCUT2D eigenvalue weighted by Gasteiger charge is 2.36. The largest absolute Gasteiger partial charge is 0.469 e. The van der Waals surface area contributed by atoms with Crippen LogP contribution in [0.5, 0.6) is 0 Å². The van der Waals surface area contributed by atoms with Gasteiger partial charge in [-0.2, -0.15) is 5.10 Å². The molecule has 1 aliphatic carbocycles. The molecule has 38 heavy (non-hydrogen) atoms. The van der Waals surface area contributed by atoms with Crippen LogP contribution in [0.1, 0.15) is 44.3 Å². The second-order valence-corrected chi connectivity index (χ2v) is 9.72. The Morgan fingerprint density at radius 1 is 1.03 bits per heavy atom. The molecule has 0 radical (unpaired) electrons. The third-order valence-corrected chi connectivity index (χ3v) is 7.20. The first-order valence-electron chi connectivity index (χ1n) is 12.5. The molecule has 1 heterocycles. The molecular formula is C28H31ClN4O5. The zero-order valence-corrected chi connectivity index (χ0v) is 22.3. The highest BCUT2D eigenvalue weighted by Crippen LogP contribution is 2.33. The van der Waals surface area contributed by atoms with Crippen LogP contribution in [0.2, 0.25) is 5.02 Å². The van der Waals surface area contributed by atoms with Gasteiger partial charge in [-0.3, -0.25) is 19.6 Å². The van der Waals surface area contributed by atoms with Crippen molar-refractivity contribution < 1.29 is 23.9 Å². The molecule has 1 aromatic heterocycles. The summed E-state index contributed by atoms with van der Waals surface area (Å²) in [4.78, 5) is 37.7. The van der Waals surface area contributed by atoms with Crippen molar-refractivity contribution in [2.24, 2.45) is 18.9 Å². The van der Waals surface area contributed by atoms with Gasteiger partial charge >= 0.3 is 12.1 Å². The van der Waals surface area contributed by atoms with Gasteiger partial charge in [-0.25, -0.2) is 4.79 Å². The molecule has 9 nitrogen and oxygen atoms in total. The molecule has 10 heteroatoms. The van der Waals surface area contributed by atoms with Gasteiger partial charge in [0.05, 0.1) is 25.1 Å². The summed E-state index contributed by atoms with van der Waals surface area (Å²) >= 11 is 6.22. The first-order valence-corrected chi connectivity index (χ1v) is 12.9. The fraction of sp³-hybridized carbons (Fsp3) is 0.357. The van der Waals surface area contributed by atoms with Gasteiger partial charge in [0.1, 0.15) is 11.9 Å². The van der Waals surface area contributed by atoms with Crippen LogP contribution >= 0.6 is 11.6 Å². The molecule has 0 bridgehead atoms. The summed E-state index contributed by atoms with van der Waals surface area (Å²) in [6, 6.07) is 14.4. The number of amides is 2. The van der Waals surface area contributed by atoms with Crippen LogP contribution in [-0.4, -0.2) is 34.9 Å². The number of esters is 1. The number of methoxy groups -OCH3 is 1. The van der Waals surface area contributed by atoms with Gasteiger partial charge in [0.25, 0.3) is 0 Å². The molecule has 1 fully saturated rings. The number of anilines is 2. The molecule has 3 atom stereocenters. The number of carbonyl (C=O) groups excluding carboxylic acids is 3. The SMILES string of the molecule is COC(=O)[C@@H]1CCCC[C@H]1C(=O)Nc1ccc(-c2cnn(C)c2NC(=O)OC(C)c2ccccc2Cl)cc1. The van der Waals surface area contributed by atoms with Crippen LogP contribution in [0.15, 0.2) is 54.7 Å². The van der Waals surface area contributed by atoms with Gasteiger partial charge < -0.3 is 14.8 Å². The molecule has 0 spiro atoms. The van der Waals surface area contributed by atoms with Crippen LogP contribution in [0, 0.1) is 11.8 Å². The average molecular weight is 539 g/mol. The number of hydrogen-bond acceptors (Lipinski definition) is 6. The molecule has 2 aromatic carbocycles. The molecule has 1 unspecified atom stereocenters. The van der Waals surface area contributed by atoms with Crippen molar-refractivity contribution in [2.45, 2.75) is 38.7 Å². The maximum Gasteiger partial charge on any atom is 0.413 e. The second kappa shape index (κ2) is 12.1. The second-order valence-electron chi connectivity index (χ2n) is 9.31. The maximum atomic E-state index is 12.9. The van der Waals surface area contributed by atoms with E-state index in [2.05, 4.69) is 15.7 Å². The van der Waals surface area contributed by atoms with Crippen molar-refractivity contribution in [1.29, 1.82) is 0 Å². The quantitative estimate of drug-likeness (QED) is 0.358. The summed E-state index contributed by atoms with van der Waals surface area (Å²) in [7, 11) is 3.07. The molecule has 2 N–H and O–H groups in total. The summed E-state index contributed by atoms with van der Waals surface area (Å²) in [5.74, 6) is -0.897. The number of rotatable bonds is 7. The van der Waals surface area contributed by atoms with Crippen molar-refractivity contribution in [2.75, 3.05) is 17.7 Å². The molecule has 1 aliphatic rings. The van der Waals surface area contributed by atoms with Gasteiger partial charge in [0.15, 0.2) is 0 Å². The lowest BCUT2D eigenvalue weighted by Gasteiger charge is -2.28. The molecule has 0 saturated heterocycles. The Kier molecular flexibility index (Phi) is 8.68. The Hall–Kier alpha value is -3.85. The van der Waals surface area contributed by atoms with Gasteiger partial charge in [-0.1, -0.05) is 54.8 Å². The Morgan fingerprint density at radius 3 is 2.39 bits per heavy atom. The van der Waals surface area contributed by atoms with E-state index in [-0.39, 0.29) is 11.9 Å². The summed E-state index contributed by atoms with van der Waals surface area (Å²) in [5.41, 5.74) is 2.79. The Morgan fingerprint density at radius 2 is 1.71 bits per heavy atom. The van der Waals surface area contributed by atoms with E-state index in [4.69, 9.17) is 21.1 Å². The molecule has 1 saturated carbocycles. The van der Waals surface area contributed by atoms with E-state index < -0.39 is 24.0 Å². The predicted octanol–water partition coefficient (Wildman–Crippen LogP) is 5.97. The van der Waals surface area contributed by atoms with Gasteiger partial charge in [-0.05, 0) is 43.5 Å². The van der Waals surface area contributed by atoms with Gasteiger partial charge in [0.2, 0.25) is 5.91 Å². The Labute approximate surface area is 226 Å². The fourth-order valence-corrected chi connectivity index (χ4v) is 5.09. The van der Waals surface area contributed by atoms with E-state index in [1.165, 1.54) is 7.11 Å². The zero-order chi connectivity index (χ0) is 27.2. The fourth-order valence-electron chi connectivity index (χ4n) is 4.80. The molecule has 4 rings (SSSR count). The normalized spacial score (nSPS) is 17.8. The highest BCUT2D eigenvalue weighted by molar-refractivity contribution is 6.31. The predicted molar refractivity (Wildman–Crippen MR) is 145 cm³/mol. The van der Waals surface area contributed by atoms with Crippen molar-refractivity contribution in [3.8, 4) is 11.1 Å². The molecule has 3 aromatic rings. The van der Waals surface area contributed by atoms with E-state index in [1.54, 1.807) is 49.1 Å². The van der Waals surface area contributed by atoms with Gasteiger partial charge in [0, 0.05) is 28.9 Å². The maximum absolute atomic E-state index is 12.9. The lowest BCUT2D eigenvalue weighted by Crippen LogP contribution is -2.36. The van der Waals surface area contributed by atoms with Crippen LogP contribution in [0.25, 0.3) is 11.1 Å². The average Bonchev–Trinajstić information content (AvgIpc) is 3.28. The molecule has 0 aliphatic heterocycles. The van der Waals surface area contributed by atoms with Crippen molar-refractivity contribution >= 4 is 41.1 Å². The number of benzene rings is 2. The number of aromatic nitrogens is 2. The summed E-state index contributed by atoms with van der Waals surface area (Å²) in [5, 5.41) is 10.5. The van der Waals surface area contributed by atoms with Gasteiger partial charge in [-0.15, -0.1) is 0 Å². The minimum absolute atomic E-state index is 0.188. The third kappa shape index (κ3) is 6.16. The summed E-state index contributed by atoms with van der Waals surface area (Å²) in [6.07, 6.45) is 3.57. The number of aryl methyl sites for hydroxylation is 1. The smallest absolute Gasteiger partial charge is 0.413 e. The lowest BCUT2D eigenvalue weighted by molar-refractivity contribution is -0.151. The van der Waals surface area contributed by atoms with E-state index >= 15 is 0 Å². The van der Waals surface area contributed by atoms with Crippen LogP contribution < -0.4 is 10.6 Å². The topological polar surface area (TPSA) is 112 Å². The summed E-state index contributed by atoms with van der Waals surface area (Å²) in [6.45, 7) is 1.75. The number of ether oxygens (including phenoxy) is 2. The number of nitrogens with zero attached hydrogens (tertiary/aromatic N) is 2. The molecular weight excluding hydrogens is 508 g/mol. The van der Waals surface area contributed by atoms with E-state index in [9.17, 15) is 14.4 Å². The van der Waals surface area contributed by atoms with Crippen LogP contribution in [-0.2, 0) is 26.1 Å². The van der Waals surface area contributed by atoms with Crippen molar-refractivity contribution in [3.63, 3.8) is 0 Å². The minimum atomic E-state index is -0.640. The third-order valence-electron chi connectivity index (χ3n) is 6.86. The number of hydrogen-bond donors (Lipinski definition) is 2. The summed E-state index contributed by atoms with van der Waals surface area (Å²) < 4.78 is 12.0. The number of halogens is 1. The minimum Gasteiger partial charge on any atom is -0.469 e. The first-order chi connectivity index (χ1) is 18.3. The van der Waals surface area contributed by atoms with Crippen LogP contribution in [0.4, 0.5) is 16.3 Å². The zero-order valence-electron chi connectivity index (χ0n) is 21.6. The Balaban J connectivity index is 1.43. The highest BCUT2D eigenvalue weighted by atomic mass is 35.5. The van der Waals surface area contributed by atoms with E-state index in [0.29, 0.717) is 40.5 Å². The molecule has 2 amide bonds. The van der Waals surface area contributed by atoms with E-state index in [0.717, 1.165) is 18.4 Å². The molecule has 200 valence electrons. The Bertz CT molecular complexity index is 1310. The van der Waals surface area contributed by atoms with Crippen molar-refractivity contribution in [1.82, 2.24) is 9.78 Å². The number of nitrogens with one attached hydrogen (secondary N) is 2. The first kappa shape index (κ1) is 27.2. The van der Waals surface area contributed by atoms with Crippen LogP contribution in [0.3, 0.4) is 0 Å². The monoisotopic (exact) mass is 538 g/mol. The van der Waals surface area contributed by atoms with E-state index in [1.807, 2.05) is 24.3 Å². The number of carbonyl (C=O) groups is 3. The van der Waals surface area contributed by atoms with Crippen molar-refractivity contribution in [3.05, 3.63) is 65.3 Å².